The molecule has 0 bridgehead atoms. The van der Waals surface area contributed by atoms with E-state index in [9.17, 15) is 12.8 Å². The SMILES string of the molecule is CS(=O)(=O)N(Cc1cccnc1)c1cccc(F)c1. The molecule has 1 aromatic carbocycles. The molecule has 0 aliphatic rings. The maximum atomic E-state index is 13.2. The zero-order valence-corrected chi connectivity index (χ0v) is 11.1. The summed E-state index contributed by atoms with van der Waals surface area (Å²) in [5.41, 5.74) is 1.03. The van der Waals surface area contributed by atoms with Gasteiger partial charge in [-0.2, -0.15) is 0 Å². The summed E-state index contributed by atoms with van der Waals surface area (Å²) in [5, 5.41) is 0. The molecule has 0 atom stereocenters. The minimum Gasteiger partial charge on any atom is -0.266 e. The Morgan fingerprint density at radius 3 is 2.63 bits per heavy atom. The minimum atomic E-state index is -3.49. The van der Waals surface area contributed by atoms with Crippen molar-refractivity contribution in [3.63, 3.8) is 0 Å². The van der Waals surface area contributed by atoms with Crippen LogP contribution in [-0.2, 0) is 16.6 Å². The molecular formula is C13H13FN2O2S. The molecule has 2 rings (SSSR count). The normalized spacial score (nSPS) is 11.3. The number of rotatable bonds is 4. The number of sulfonamides is 1. The van der Waals surface area contributed by atoms with E-state index in [0.717, 1.165) is 16.1 Å². The summed E-state index contributed by atoms with van der Waals surface area (Å²) in [7, 11) is -3.49. The number of aromatic nitrogens is 1. The summed E-state index contributed by atoms with van der Waals surface area (Å²) in [5.74, 6) is -0.475. The largest absolute Gasteiger partial charge is 0.266 e. The van der Waals surface area contributed by atoms with Crippen molar-refractivity contribution in [1.82, 2.24) is 4.98 Å². The molecular weight excluding hydrogens is 267 g/mol. The highest BCUT2D eigenvalue weighted by Gasteiger charge is 2.18. The molecule has 0 saturated heterocycles. The van der Waals surface area contributed by atoms with Gasteiger partial charge in [0.1, 0.15) is 5.82 Å². The van der Waals surface area contributed by atoms with Crippen molar-refractivity contribution in [3.05, 3.63) is 60.2 Å². The van der Waals surface area contributed by atoms with Crippen LogP contribution in [0.3, 0.4) is 0 Å². The van der Waals surface area contributed by atoms with Crippen LogP contribution < -0.4 is 4.31 Å². The molecule has 0 spiro atoms. The summed E-state index contributed by atoms with van der Waals surface area (Å²) in [6.07, 6.45) is 4.28. The fraction of sp³-hybridized carbons (Fsp3) is 0.154. The molecule has 0 radical (unpaired) electrons. The first-order chi connectivity index (χ1) is 8.97. The van der Waals surface area contributed by atoms with E-state index in [1.165, 1.54) is 18.2 Å². The number of halogens is 1. The predicted molar refractivity (Wildman–Crippen MR) is 71.7 cm³/mol. The van der Waals surface area contributed by atoms with Crippen LogP contribution in [-0.4, -0.2) is 19.7 Å². The van der Waals surface area contributed by atoms with Crippen LogP contribution in [0.2, 0.25) is 0 Å². The van der Waals surface area contributed by atoms with Crippen molar-refractivity contribution in [3.8, 4) is 0 Å². The van der Waals surface area contributed by atoms with Gasteiger partial charge in [-0.1, -0.05) is 12.1 Å². The highest BCUT2D eigenvalue weighted by Crippen LogP contribution is 2.21. The van der Waals surface area contributed by atoms with E-state index in [-0.39, 0.29) is 6.54 Å². The van der Waals surface area contributed by atoms with Gasteiger partial charge in [-0.05, 0) is 29.8 Å². The number of nitrogens with zero attached hydrogens (tertiary/aromatic N) is 2. The van der Waals surface area contributed by atoms with Gasteiger partial charge in [0.25, 0.3) is 0 Å². The van der Waals surface area contributed by atoms with Gasteiger partial charge < -0.3 is 0 Å². The topological polar surface area (TPSA) is 50.3 Å². The molecule has 0 fully saturated rings. The van der Waals surface area contributed by atoms with Crippen LogP contribution in [0, 0.1) is 5.82 Å². The van der Waals surface area contributed by atoms with Gasteiger partial charge in [-0.3, -0.25) is 9.29 Å². The second kappa shape index (κ2) is 5.36. The number of benzene rings is 1. The van der Waals surface area contributed by atoms with E-state index in [0.29, 0.717) is 5.69 Å². The van der Waals surface area contributed by atoms with Crippen molar-refractivity contribution in [2.45, 2.75) is 6.54 Å². The standard InChI is InChI=1S/C13H13FN2O2S/c1-19(17,18)16(10-11-4-3-7-15-9-11)13-6-2-5-12(14)8-13/h2-9H,10H2,1H3. The van der Waals surface area contributed by atoms with E-state index in [4.69, 9.17) is 0 Å². The smallest absolute Gasteiger partial charge is 0.232 e. The average Bonchev–Trinajstić information content (AvgIpc) is 2.36. The zero-order chi connectivity index (χ0) is 13.9. The first-order valence-electron chi connectivity index (χ1n) is 5.59. The Hall–Kier alpha value is -1.95. The molecule has 0 unspecified atom stereocenters. The molecule has 0 amide bonds. The molecule has 6 heteroatoms. The maximum absolute atomic E-state index is 13.2. The van der Waals surface area contributed by atoms with Crippen molar-refractivity contribution < 1.29 is 12.8 Å². The zero-order valence-electron chi connectivity index (χ0n) is 10.3. The first-order valence-corrected chi connectivity index (χ1v) is 7.44. The number of pyridine rings is 1. The van der Waals surface area contributed by atoms with Crippen molar-refractivity contribution in [2.24, 2.45) is 0 Å². The van der Waals surface area contributed by atoms with E-state index in [1.807, 2.05) is 0 Å². The van der Waals surface area contributed by atoms with Gasteiger partial charge in [0.15, 0.2) is 0 Å². The van der Waals surface area contributed by atoms with Gasteiger partial charge in [-0.15, -0.1) is 0 Å². The van der Waals surface area contributed by atoms with Crippen LogP contribution in [0.4, 0.5) is 10.1 Å². The Kier molecular flexibility index (Phi) is 3.80. The Morgan fingerprint density at radius 2 is 2.05 bits per heavy atom. The molecule has 0 N–H and O–H groups in total. The lowest BCUT2D eigenvalue weighted by Gasteiger charge is -2.22. The van der Waals surface area contributed by atoms with Gasteiger partial charge >= 0.3 is 0 Å². The lowest BCUT2D eigenvalue weighted by molar-refractivity contribution is 0.595. The van der Waals surface area contributed by atoms with E-state index < -0.39 is 15.8 Å². The highest BCUT2D eigenvalue weighted by molar-refractivity contribution is 7.92. The van der Waals surface area contributed by atoms with E-state index in [2.05, 4.69) is 4.98 Å². The summed E-state index contributed by atoms with van der Waals surface area (Å²) in [4.78, 5) is 3.94. The summed E-state index contributed by atoms with van der Waals surface area (Å²) in [6.45, 7) is 0.121. The molecule has 1 aromatic heterocycles. The maximum Gasteiger partial charge on any atom is 0.232 e. The molecule has 19 heavy (non-hydrogen) atoms. The van der Waals surface area contributed by atoms with E-state index >= 15 is 0 Å². The summed E-state index contributed by atoms with van der Waals surface area (Å²) < 4.78 is 38.0. The van der Waals surface area contributed by atoms with Crippen LogP contribution in [0.25, 0.3) is 0 Å². The molecule has 100 valence electrons. The second-order valence-corrected chi connectivity index (χ2v) is 6.02. The third-order valence-electron chi connectivity index (χ3n) is 2.55. The molecule has 1 heterocycles. The van der Waals surface area contributed by atoms with Crippen LogP contribution >= 0.6 is 0 Å². The van der Waals surface area contributed by atoms with Crippen molar-refractivity contribution in [1.29, 1.82) is 0 Å². The minimum absolute atomic E-state index is 0.121. The Labute approximate surface area is 111 Å². The van der Waals surface area contributed by atoms with Gasteiger partial charge in [0.2, 0.25) is 10.0 Å². The van der Waals surface area contributed by atoms with Crippen LogP contribution in [0.1, 0.15) is 5.56 Å². The van der Waals surface area contributed by atoms with Crippen molar-refractivity contribution >= 4 is 15.7 Å². The lowest BCUT2D eigenvalue weighted by atomic mass is 10.2. The van der Waals surface area contributed by atoms with Gasteiger partial charge in [-0.25, -0.2) is 12.8 Å². The van der Waals surface area contributed by atoms with Crippen LogP contribution in [0.5, 0.6) is 0 Å². The monoisotopic (exact) mass is 280 g/mol. The van der Waals surface area contributed by atoms with Crippen LogP contribution in [0.15, 0.2) is 48.8 Å². The van der Waals surface area contributed by atoms with Gasteiger partial charge in [0.05, 0.1) is 18.5 Å². The molecule has 0 aliphatic heterocycles. The lowest BCUT2D eigenvalue weighted by Crippen LogP contribution is -2.29. The first kappa shape index (κ1) is 13.5. The fourth-order valence-electron chi connectivity index (χ4n) is 1.69. The number of anilines is 1. The molecule has 0 saturated carbocycles. The summed E-state index contributed by atoms with van der Waals surface area (Å²) >= 11 is 0. The molecule has 4 nitrogen and oxygen atoms in total. The third kappa shape index (κ3) is 3.51. The Balaban J connectivity index is 2.38. The summed E-state index contributed by atoms with van der Waals surface area (Å²) in [6, 6.07) is 8.99. The average molecular weight is 280 g/mol. The number of hydrogen-bond acceptors (Lipinski definition) is 3. The van der Waals surface area contributed by atoms with E-state index in [1.54, 1.807) is 30.6 Å². The fourth-order valence-corrected chi connectivity index (χ4v) is 2.57. The molecule has 0 aliphatic carbocycles. The van der Waals surface area contributed by atoms with Crippen molar-refractivity contribution in [2.75, 3.05) is 10.6 Å². The predicted octanol–water partition coefficient (Wildman–Crippen LogP) is 2.19. The third-order valence-corrected chi connectivity index (χ3v) is 3.69. The number of hydrogen-bond donors (Lipinski definition) is 0. The quantitative estimate of drug-likeness (QED) is 0.862. The molecule has 2 aromatic rings. The van der Waals surface area contributed by atoms with Gasteiger partial charge in [0, 0.05) is 12.4 Å². The highest BCUT2D eigenvalue weighted by atomic mass is 32.2. The second-order valence-electron chi connectivity index (χ2n) is 4.11. The Bertz CT molecular complexity index is 659. The Morgan fingerprint density at radius 1 is 1.26 bits per heavy atom.